The molecule has 1 aliphatic rings. The van der Waals surface area contributed by atoms with Crippen LogP contribution in [-0.2, 0) is 10.0 Å². The molecule has 1 heterocycles. The van der Waals surface area contributed by atoms with Crippen molar-refractivity contribution >= 4 is 21.4 Å². The molecular formula is C22H20N6O3S. The molecule has 1 N–H and O–H groups in total. The zero-order valence-electron chi connectivity index (χ0n) is 17.3. The third kappa shape index (κ3) is 4.65. The molecule has 0 aliphatic carbocycles. The van der Waals surface area contributed by atoms with Gasteiger partial charge in [0, 0.05) is 31.9 Å². The van der Waals surface area contributed by atoms with Crippen molar-refractivity contribution in [2.75, 3.05) is 43.5 Å². The quantitative estimate of drug-likeness (QED) is 0.666. The number of hydrogen-bond donors (Lipinski definition) is 1. The Bertz CT molecular complexity index is 1230. The summed E-state index contributed by atoms with van der Waals surface area (Å²) in [5, 5.41) is 29.6. The van der Waals surface area contributed by atoms with Gasteiger partial charge in [0.25, 0.3) is 0 Å². The van der Waals surface area contributed by atoms with Crippen molar-refractivity contribution in [2.24, 2.45) is 0 Å². The topological polar surface area (TPSA) is 133 Å². The van der Waals surface area contributed by atoms with E-state index in [2.05, 4.69) is 10.2 Å². The van der Waals surface area contributed by atoms with Crippen LogP contribution in [0.3, 0.4) is 0 Å². The van der Waals surface area contributed by atoms with Crippen molar-refractivity contribution in [3.05, 3.63) is 59.8 Å². The van der Waals surface area contributed by atoms with Crippen LogP contribution in [0.1, 0.15) is 0 Å². The SMILES string of the molecule is COc1ccccc1N1CCN(S(=O)(=O)c2ccc(NC(C#N)=C(C#N)C#N)cc2)CC1. The van der Waals surface area contributed by atoms with Gasteiger partial charge in [-0.15, -0.1) is 0 Å². The standard InChI is InChI=1S/C22H20N6O3S/c1-31-22-5-3-2-4-21(22)27-10-12-28(13-11-27)32(29,30)19-8-6-18(7-9-19)26-20(16-25)17(14-23)15-24/h2-9,26H,10-13H2,1H3. The summed E-state index contributed by atoms with van der Waals surface area (Å²) in [6, 6.07) is 18.5. The smallest absolute Gasteiger partial charge is 0.243 e. The van der Waals surface area contributed by atoms with Crippen molar-refractivity contribution in [2.45, 2.75) is 4.90 Å². The first-order valence-corrected chi connectivity index (χ1v) is 11.1. The van der Waals surface area contributed by atoms with Gasteiger partial charge in [0.2, 0.25) is 10.0 Å². The highest BCUT2D eigenvalue weighted by molar-refractivity contribution is 7.89. The fourth-order valence-electron chi connectivity index (χ4n) is 3.35. The van der Waals surface area contributed by atoms with E-state index in [0.717, 1.165) is 11.4 Å². The normalized spacial score (nSPS) is 13.9. The molecule has 0 aromatic heterocycles. The third-order valence-electron chi connectivity index (χ3n) is 5.01. The molecule has 0 bridgehead atoms. The van der Waals surface area contributed by atoms with Gasteiger partial charge in [-0.1, -0.05) is 12.1 Å². The van der Waals surface area contributed by atoms with Crippen LogP contribution in [0, 0.1) is 34.0 Å². The van der Waals surface area contributed by atoms with Gasteiger partial charge in [0.1, 0.15) is 29.7 Å². The summed E-state index contributed by atoms with van der Waals surface area (Å²) in [4.78, 5) is 2.22. The number of nitrogens with zero attached hydrogens (tertiary/aromatic N) is 5. The van der Waals surface area contributed by atoms with Crippen LogP contribution in [-0.4, -0.2) is 46.0 Å². The van der Waals surface area contributed by atoms with Gasteiger partial charge in [-0.25, -0.2) is 8.42 Å². The Morgan fingerprint density at radius 2 is 1.56 bits per heavy atom. The van der Waals surface area contributed by atoms with E-state index >= 15 is 0 Å². The summed E-state index contributed by atoms with van der Waals surface area (Å²) < 4.78 is 33.0. The monoisotopic (exact) mass is 448 g/mol. The Kier molecular flexibility index (Phi) is 6.97. The van der Waals surface area contributed by atoms with Crippen molar-refractivity contribution < 1.29 is 13.2 Å². The lowest BCUT2D eigenvalue weighted by atomic mass is 10.2. The molecule has 0 amide bonds. The minimum Gasteiger partial charge on any atom is -0.495 e. The molecule has 1 saturated heterocycles. The summed E-state index contributed by atoms with van der Waals surface area (Å²) in [5.41, 5.74) is 0.776. The highest BCUT2D eigenvalue weighted by Crippen LogP contribution is 2.29. The minimum atomic E-state index is -3.69. The molecule has 9 nitrogen and oxygen atoms in total. The molecule has 0 spiro atoms. The maximum absolute atomic E-state index is 13.1. The van der Waals surface area contributed by atoms with Crippen molar-refractivity contribution in [3.8, 4) is 24.0 Å². The summed E-state index contributed by atoms with van der Waals surface area (Å²) in [7, 11) is -2.09. The number of methoxy groups -OCH3 is 1. The number of ether oxygens (including phenoxy) is 1. The average Bonchev–Trinajstić information content (AvgIpc) is 2.84. The van der Waals surface area contributed by atoms with Crippen LogP contribution in [0.15, 0.2) is 64.7 Å². The van der Waals surface area contributed by atoms with Gasteiger partial charge in [0.05, 0.1) is 17.7 Å². The Labute approximate surface area is 187 Å². The largest absolute Gasteiger partial charge is 0.495 e. The fourth-order valence-corrected chi connectivity index (χ4v) is 4.77. The number of para-hydroxylation sites is 2. The number of hydrogen-bond acceptors (Lipinski definition) is 8. The molecule has 10 heteroatoms. The molecule has 0 saturated carbocycles. The molecule has 1 fully saturated rings. The van der Waals surface area contributed by atoms with Gasteiger partial charge < -0.3 is 15.0 Å². The second-order valence-electron chi connectivity index (χ2n) is 6.80. The summed E-state index contributed by atoms with van der Waals surface area (Å²) in [6.07, 6.45) is 0. The highest BCUT2D eigenvalue weighted by Gasteiger charge is 2.29. The molecule has 2 aromatic rings. The Hall–Kier alpha value is -4.04. The van der Waals surface area contributed by atoms with Crippen molar-refractivity contribution in [1.82, 2.24) is 4.31 Å². The molecule has 0 atom stereocenters. The number of anilines is 2. The first-order valence-electron chi connectivity index (χ1n) is 9.64. The fraction of sp³-hybridized carbons (Fsp3) is 0.227. The first-order chi connectivity index (χ1) is 15.4. The minimum absolute atomic E-state index is 0.122. The van der Waals surface area contributed by atoms with Crippen LogP contribution >= 0.6 is 0 Å². The number of allylic oxidation sites excluding steroid dienone is 2. The molecule has 0 radical (unpaired) electrons. The van der Waals surface area contributed by atoms with Crippen molar-refractivity contribution in [3.63, 3.8) is 0 Å². The molecule has 32 heavy (non-hydrogen) atoms. The average molecular weight is 449 g/mol. The lowest BCUT2D eigenvalue weighted by molar-refractivity contribution is 0.378. The Morgan fingerprint density at radius 3 is 2.12 bits per heavy atom. The van der Waals surface area contributed by atoms with Gasteiger partial charge in [0.15, 0.2) is 5.57 Å². The van der Waals surface area contributed by atoms with E-state index < -0.39 is 10.0 Å². The molecule has 1 aliphatic heterocycles. The highest BCUT2D eigenvalue weighted by atomic mass is 32.2. The van der Waals surface area contributed by atoms with E-state index in [1.54, 1.807) is 25.3 Å². The maximum Gasteiger partial charge on any atom is 0.243 e. The summed E-state index contributed by atoms with van der Waals surface area (Å²) in [6.45, 7) is 1.71. The lowest BCUT2D eigenvalue weighted by Gasteiger charge is -2.35. The maximum atomic E-state index is 13.1. The first kappa shape index (κ1) is 22.6. The number of sulfonamides is 1. The summed E-state index contributed by atoms with van der Waals surface area (Å²) >= 11 is 0. The molecule has 0 unspecified atom stereocenters. The van der Waals surface area contributed by atoms with Gasteiger partial charge in [-0.05, 0) is 36.4 Å². The van der Waals surface area contributed by atoms with Crippen LogP contribution in [0.5, 0.6) is 5.75 Å². The second-order valence-corrected chi connectivity index (χ2v) is 8.74. The van der Waals surface area contributed by atoms with E-state index in [0.29, 0.717) is 31.9 Å². The molecule has 3 rings (SSSR count). The summed E-state index contributed by atoms with van der Waals surface area (Å²) in [5.74, 6) is 0.744. The van der Waals surface area contributed by atoms with Crippen LogP contribution in [0.25, 0.3) is 0 Å². The van der Waals surface area contributed by atoms with E-state index in [1.165, 1.54) is 28.6 Å². The Morgan fingerprint density at radius 1 is 0.938 bits per heavy atom. The lowest BCUT2D eigenvalue weighted by Crippen LogP contribution is -2.48. The van der Waals surface area contributed by atoms with E-state index in [1.807, 2.05) is 24.3 Å². The van der Waals surface area contributed by atoms with Gasteiger partial charge in [-0.3, -0.25) is 0 Å². The number of nitriles is 3. The van der Waals surface area contributed by atoms with Crippen molar-refractivity contribution in [1.29, 1.82) is 15.8 Å². The Balaban J connectivity index is 1.71. The molecular weight excluding hydrogens is 428 g/mol. The zero-order chi connectivity index (χ0) is 23.1. The number of nitrogens with one attached hydrogen (secondary N) is 1. The number of rotatable bonds is 6. The predicted molar refractivity (Wildman–Crippen MR) is 118 cm³/mol. The molecule has 162 valence electrons. The number of piperazine rings is 1. The second kappa shape index (κ2) is 9.84. The van der Waals surface area contributed by atoms with Gasteiger partial charge in [-0.2, -0.15) is 20.1 Å². The van der Waals surface area contributed by atoms with E-state index in [9.17, 15) is 8.42 Å². The predicted octanol–water partition coefficient (Wildman–Crippen LogP) is 2.44. The zero-order valence-corrected chi connectivity index (χ0v) is 18.1. The third-order valence-corrected chi connectivity index (χ3v) is 6.92. The van der Waals surface area contributed by atoms with E-state index in [4.69, 9.17) is 20.5 Å². The molecule has 2 aromatic carbocycles. The van der Waals surface area contributed by atoms with Crippen LogP contribution in [0.4, 0.5) is 11.4 Å². The van der Waals surface area contributed by atoms with E-state index in [-0.39, 0.29) is 16.2 Å². The number of benzene rings is 2. The van der Waals surface area contributed by atoms with Crippen LogP contribution < -0.4 is 15.0 Å². The van der Waals surface area contributed by atoms with Crippen LogP contribution in [0.2, 0.25) is 0 Å². The van der Waals surface area contributed by atoms with Gasteiger partial charge >= 0.3 is 0 Å².